The highest BCUT2D eigenvalue weighted by molar-refractivity contribution is 5.90. The second-order valence-electron chi connectivity index (χ2n) is 12.9. The third kappa shape index (κ3) is 10.3. The first-order valence-corrected chi connectivity index (χ1v) is 18.3. The molecular formula is C39H51N3O8. The quantitative estimate of drug-likeness (QED) is 0.0888. The highest BCUT2D eigenvalue weighted by atomic mass is 16.7. The van der Waals surface area contributed by atoms with E-state index in [2.05, 4.69) is 18.8 Å². The van der Waals surface area contributed by atoms with Gasteiger partial charge in [-0.05, 0) is 67.4 Å². The molecule has 4 atom stereocenters. The van der Waals surface area contributed by atoms with Gasteiger partial charge in [-0.3, -0.25) is 9.98 Å². The van der Waals surface area contributed by atoms with E-state index in [9.17, 15) is 9.59 Å². The molecule has 0 bridgehead atoms. The predicted octanol–water partition coefficient (Wildman–Crippen LogP) is 7.58. The van der Waals surface area contributed by atoms with E-state index < -0.39 is 36.5 Å². The fraction of sp³-hybridized carbons (Fsp3) is 0.538. The summed E-state index contributed by atoms with van der Waals surface area (Å²) in [6, 6.07) is 15.4. The molecule has 0 amide bonds. The lowest BCUT2D eigenvalue weighted by molar-refractivity contribution is -0.0574. The van der Waals surface area contributed by atoms with E-state index in [0.717, 1.165) is 25.7 Å². The summed E-state index contributed by atoms with van der Waals surface area (Å²) in [4.78, 5) is 30.5. The van der Waals surface area contributed by atoms with Crippen molar-refractivity contribution in [2.45, 2.75) is 115 Å². The first-order valence-electron chi connectivity index (χ1n) is 18.3. The number of nitrogens with zero attached hydrogens (tertiary/aromatic N) is 2. The monoisotopic (exact) mass is 689 g/mol. The van der Waals surface area contributed by atoms with Gasteiger partial charge in [0.1, 0.15) is 24.2 Å². The Kier molecular flexibility index (Phi) is 14.1. The molecule has 1 saturated heterocycles. The molecule has 2 aromatic carbocycles. The van der Waals surface area contributed by atoms with Gasteiger partial charge < -0.3 is 28.4 Å². The Hall–Kier alpha value is -4.38. The molecule has 3 aromatic rings. The zero-order chi connectivity index (χ0) is 35.1. The number of aromatic nitrogens is 2. The number of fused-ring (bicyclic) bond motifs is 3. The molecule has 5 rings (SSSR count). The van der Waals surface area contributed by atoms with Crippen LogP contribution < -0.4 is 19.7 Å². The Balaban J connectivity index is 1.15. The summed E-state index contributed by atoms with van der Waals surface area (Å²) in [7, 11) is 0. The lowest BCUT2D eigenvalue weighted by Crippen LogP contribution is -2.40. The first-order chi connectivity index (χ1) is 24.5. The van der Waals surface area contributed by atoms with Crippen molar-refractivity contribution in [2.24, 2.45) is 0 Å². The van der Waals surface area contributed by atoms with Crippen molar-refractivity contribution >= 4 is 11.9 Å². The molecule has 11 nitrogen and oxygen atoms in total. The van der Waals surface area contributed by atoms with Crippen LogP contribution in [0.1, 0.15) is 118 Å². The largest absolute Gasteiger partial charge is 0.494 e. The Morgan fingerprint density at radius 1 is 0.740 bits per heavy atom. The SMILES string of the molecule is CCCCCCCCOc1ccc(C(=O)OC[C@H]2O[C@@H]3[C@H](Oc4nc(=N)ccn43)[C@@H]2OC(=O)c2ccc(OCCCCCCCC)cc2)cc1. The highest BCUT2D eigenvalue weighted by Crippen LogP contribution is 2.40. The van der Waals surface area contributed by atoms with Crippen LogP contribution in [-0.4, -0.2) is 59.6 Å². The fourth-order valence-electron chi connectivity index (χ4n) is 6.10. The van der Waals surface area contributed by atoms with Crippen LogP contribution in [0.4, 0.5) is 0 Å². The minimum Gasteiger partial charge on any atom is -0.494 e. The third-order valence-electron chi connectivity index (χ3n) is 8.97. The lowest BCUT2D eigenvalue weighted by Gasteiger charge is -2.22. The Bertz CT molecular complexity index is 1560. The minimum atomic E-state index is -0.919. The molecule has 0 saturated carbocycles. The van der Waals surface area contributed by atoms with Crippen molar-refractivity contribution in [1.29, 1.82) is 5.41 Å². The standard InChI is InChI=1S/C39H51N3O8/c1-3-5-7-9-11-13-25-45-30-19-15-28(16-20-30)37(43)47-27-32-34(35-36(48-32)42-24-23-33(40)41-39(42)50-35)49-38(44)29-17-21-31(22-18-29)46-26-14-12-10-8-6-4-2/h15-24,32,34-36,40H,3-14,25-27H2,1-2H3/t32-,34-,35-,36-/m1/s1. The molecule has 1 fully saturated rings. The van der Waals surface area contributed by atoms with Crippen LogP contribution in [0.15, 0.2) is 60.8 Å². The van der Waals surface area contributed by atoms with Crippen LogP contribution in [0, 0.1) is 5.41 Å². The molecular weight excluding hydrogens is 638 g/mol. The average Bonchev–Trinajstić information content (AvgIpc) is 3.65. The number of unbranched alkanes of at least 4 members (excludes halogenated alkanes) is 10. The van der Waals surface area contributed by atoms with E-state index in [1.54, 1.807) is 59.3 Å². The molecule has 11 heteroatoms. The van der Waals surface area contributed by atoms with Gasteiger partial charge in [0.2, 0.25) is 0 Å². The molecule has 50 heavy (non-hydrogen) atoms. The van der Waals surface area contributed by atoms with E-state index >= 15 is 0 Å². The molecule has 0 radical (unpaired) electrons. The van der Waals surface area contributed by atoms with E-state index in [0.29, 0.717) is 35.8 Å². The maximum absolute atomic E-state index is 13.4. The van der Waals surface area contributed by atoms with E-state index in [4.69, 9.17) is 33.8 Å². The first kappa shape index (κ1) is 36.9. The predicted molar refractivity (Wildman–Crippen MR) is 187 cm³/mol. The van der Waals surface area contributed by atoms with Crippen LogP contribution >= 0.6 is 0 Å². The highest BCUT2D eigenvalue weighted by Gasteiger charge is 2.54. The van der Waals surface area contributed by atoms with Crippen LogP contribution in [0.2, 0.25) is 0 Å². The van der Waals surface area contributed by atoms with Gasteiger partial charge in [0, 0.05) is 6.20 Å². The smallest absolute Gasteiger partial charge is 0.338 e. The number of hydrogen-bond donors (Lipinski definition) is 1. The lowest BCUT2D eigenvalue weighted by atomic mass is 10.1. The Morgan fingerprint density at radius 3 is 1.86 bits per heavy atom. The molecule has 0 unspecified atom stereocenters. The van der Waals surface area contributed by atoms with Gasteiger partial charge >= 0.3 is 17.9 Å². The molecule has 3 heterocycles. The number of rotatable bonds is 21. The van der Waals surface area contributed by atoms with Crippen molar-refractivity contribution in [3.63, 3.8) is 0 Å². The molecule has 1 N–H and O–H groups in total. The number of esters is 2. The van der Waals surface area contributed by atoms with Gasteiger partial charge in [0.15, 0.2) is 23.9 Å². The van der Waals surface area contributed by atoms with Gasteiger partial charge in [0.05, 0.1) is 24.3 Å². The van der Waals surface area contributed by atoms with E-state index in [1.807, 2.05) is 0 Å². The van der Waals surface area contributed by atoms with Gasteiger partial charge in [-0.15, -0.1) is 0 Å². The zero-order valence-electron chi connectivity index (χ0n) is 29.3. The maximum Gasteiger partial charge on any atom is 0.338 e. The Morgan fingerprint density at radius 2 is 1.28 bits per heavy atom. The number of carbonyl (C=O) groups excluding carboxylic acids is 2. The van der Waals surface area contributed by atoms with Crippen LogP contribution in [0.3, 0.4) is 0 Å². The number of benzene rings is 2. The maximum atomic E-state index is 13.4. The van der Waals surface area contributed by atoms with E-state index in [1.165, 1.54) is 57.4 Å². The van der Waals surface area contributed by atoms with Crippen molar-refractivity contribution in [1.82, 2.24) is 9.55 Å². The summed E-state index contributed by atoms with van der Waals surface area (Å²) < 4.78 is 37.2. The summed E-state index contributed by atoms with van der Waals surface area (Å²) in [6.07, 6.45) is 12.7. The topological polar surface area (TPSA) is 131 Å². The van der Waals surface area contributed by atoms with Gasteiger partial charge in [0.25, 0.3) is 0 Å². The number of ether oxygens (including phenoxy) is 6. The van der Waals surface area contributed by atoms with Crippen molar-refractivity contribution < 1.29 is 38.0 Å². The van der Waals surface area contributed by atoms with Gasteiger partial charge in [-0.25, -0.2) is 9.59 Å². The summed E-state index contributed by atoms with van der Waals surface area (Å²) in [5.41, 5.74) is 0.739. The van der Waals surface area contributed by atoms with Crippen molar-refractivity contribution in [3.05, 3.63) is 77.4 Å². The molecule has 1 aromatic heterocycles. The summed E-state index contributed by atoms with van der Waals surface area (Å²) in [5.74, 6) is 0.270. The van der Waals surface area contributed by atoms with Crippen molar-refractivity contribution in [3.8, 4) is 17.5 Å². The number of hydrogen-bond acceptors (Lipinski definition) is 10. The number of nitrogens with one attached hydrogen (secondary N) is 1. The van der Waals surface area contributed by atoms with Crippen molar-refractivity contribution in [2.75, 3.05) is 19.8 Å². The second kappa shape index (κ2) is 19.1. The van der Waals surface area contributed by atoms with E-state index in [-0.39, 0.29) is 18.1 Å². The molecule has 270 valence electrons. The fourth-order valence-corrected chi connectivity index (χ4v) is 6.10. The molecule has 0 spiro atoms. The van der Waals surface area contributed by atoms with Gasteiger partial charge in [-0.2, -0.15) is 4.98 Å². The third-order valence-corrected chi connectivity index (χ3v) is 8.97. The minimum absolute atomic E-state index is 0.0351. The Labute approximate surface area is 294 Å². The summed E-state index contributed by atoms with van der Waals surface area (Å²) in [6.45, 7) is 5.50. The summed E-state index contributed by atoms with van der Waals surface area (Å²) in [5, 5.41) is 7.86. The average molecular weight is 690 g/mol. The number of carbonyl (C=O) groups is 2. The van der Waals surface area contributed by atoms with Crippen LogP contribution in [-0.2, 0) is 14.2 Å². The van der Waals surface area contributed by atoms with Crippen LogP contribution in [0.5, 0.6) is 17.5 Å². The molecule has 2 aliphatic rings. The van der Waals surface area contributed by atoms with Crippen LogP contribution in [0.25, 0.3) is 0 Å². The zero-order valence-corrected chi connectivity index (χ0v) is 29.3. The second-order valence-corrected chi connectivity index (χ2v) is 12.9. The van der Waals surface area contributed by atoms with Gasteiger partial charge in [-0.1, -0.05) is 78.1 Å². The molecule has 2 aliphatic heterocycles. The summed E-state index contributed by atoms with van der Waals surface area (Å²) >= 11 is 0. The molecule has 0 aliphatic carbocycles. The normalized spacial score (nSPS) is 18.9.